The molecule has 2 heterocycles. The van der Waals surface area contributed by atoms with Crippen molar-refractivity contribution in [3.63, 3.8) is 0 Å². The summed E-state index contributed by atoms with van der Waals surface area (Å²) in [4.78, 5) is 24.6. The van der Waals surface area contributed by atoms with Gasteiger partial charge in [-0.2, -0.15) is 10.4 Å². The molecular formula is C17H15N5O2. The van der Waals surface area contributed by atoms with Crippen LogP contribution in [0.3, 0.4) is 0 Å². The third kappa shape index (κ3) is 2.77. The van der Waals surface area contributed by atoms with Gasteiger partial charge in [-0.05, 0) is 25.1 Å². The van der Waals surface area contributed by atoms with E-state index in [2.05, 4.69) is 5.10 Å². The lowest BCUT2D eigenvalue weighted by Gasteiger charge is -2.08. The Labute approximate surface area is 137 Å². The van der Waals surface area contributed by atoms with Gasteiger partial charge in [0.05, 0.1) is 17.9 Å². The summed E-state index contributed by atoms with van der Waals surface area (Å²) in [6, 6.07) is 13.1. The number of nitrogens with zero attached hydrogens (tertiary/aromatic N) is 5. The molecule has 120 valence electrons. The van der Waals surface area contributed by atoms with E-state index in [0.717, 1.165) is 10.3 Å². The fourth-order valence-electron chi connectivity index (χ4n) is 2.43. The molecule has 0 saturated heterocycles. The van der Waals surface area contributed by atoms with E-state index >= 15 is 0 Å². The molecule has 0 bridgehead atoms. The maximum Gasteiger partial charge on any atom is 0.331 e. The van der Waals surface area contributed by atoms with E-state index in [9.17, 15) is 9.59 Å². The maximum absolute atomic E-state index is 12.4. The maximum atomic E-state index is 12.4. The molecular weight excluding hydrogens is 306 g/mol. The molecule has 0 saturated carbocycles. The first-order valence-corrected chi connectivity index (χ1v) is 7.48. The zero-order valence-corrected chi connectivity index (χ0v) is 13.1. The normalized spacial score (nSPS) is 10.5. The van der Waals surface area contributed by atoms with Gasteiger partial charge in [-0.25, -0.2) is 9.48 Å². The van der Waals surface area contributed by atoms with Gasteiger partial charge in [-0.15, -0.1) is 0 Å². The van der Waals surface area contributed by atoms with Crippen LogP contribution in [0.5, 0.6) is 0 Å². The zero-order valence-electron chi connectivity index (χ0n) is 13.1. The number of hydrogen-bond donors (Lipinski definition) is 0. The highest BCUT2D eigenvalue weighted by atomic mass is 16.2. The van der Waals surface area contributed by atoms with Crippen LogP contribution >= 0.6 is 0 Å². The van der Waals surface area contributed by atoms with Crippen LogP contribution in [0.25, 0.3) is 5.69 Å². The molecule has 0 aliphatic heterocycles. The van der Waals surface area contributed by atoms with Gasteiger partial charge in [0.25, 0.3) is 5.56 Å². The number of para-hydroxylation sites is 1. The van der Waals surface area contributed by atoms with Gasteiger partial charge in [0.1, 0.15) is 11.6 Å². The summed E-state index contributed by atoms with van der Waals surface area (Å²) in [5.41, 5.74) is 0.347. The lowest BCUT2D eigenvalue weighted by molar-refractivity contribution is 0.589. The third-order valence-electron chi connectivity index (χ3n) is 3.68. The average molecular weight is 321 g/mol. The van der Waals surface area contributed by atoms with Crippen molar-refractivity contribution in [1.82, 2.24) is 18.9 Å². The second-order valence-electron chi connectivity index (χ2n) is 5.20. The molecule has 0 unspecified atom stereocenters. The fraction of sp³-hybridized carbons (Fsp3) is 0.176. The van der Waals surface area contributed by atoms with E-state index in [-0.39, 0.29) is 12.1 Å². The van der Waals surface area contributed by atoms with Gasteiger partial charge in [-0.3, -0.25) is 13.9 Å². The van der Waals surface area contributed by atoms with Gasteiger partial charge >= 0.3 is 5.69 Å². The molecule has 7 heteroatoms. The molecule has 0 fully saturated rings. The molecule has 0 amide bonds. The highest BCUT2D eigenvalue weighted by Gasteiger charge is 2.12. The Hall–Kier alpha value is -3.40. The van der Waals surface area contributed by atoms with E-state index in [1.54, 1.807) is 23.9 Å². The fourth-order valence-corrected chi connectivity index (χ4v) is 2.43. The molecule has 1 aromatic carbocycles. The number of hydrogen-bond acceptors (Lipinski definition) is 4. The van der Waals surface area contributed by atoms with E-state index in [1.165, 1.54) is 10.8 Å². The lowest BCUT2D eigenvalue weighted by Crippen LogP contribution is -2.41. The minimum absolute atomic E-state index is 0.0209. The molecule has 3 rings (SSSR count). The van der Waals surface area contributed by atoms with Crippen LogP contribution in [0.1, 0.15) is 18.2 Å². The van der Waals surface area contributed by atoms with Crippen LogP contribution in [0.2, 0.25) is 0 Å². The Morgan fingerprint density at radius 3 is 2.58 bits per heavy atom. The smallest absolute Gasteiger partial charge is 0.299 e. The zero-order chi connectivity index (χ0) is 17.1. The van der Waals surface area contributed by atoms with Crippen LogP contribution in [0, 0.1) is 11.3 Å². The van der Waals surface area contributed by atoms with Crippen molar-refractivity contribution < 1.29 is 0 Å². The van der Waals surface area contributed by atoms with E-state index < -0.39 is 11.2 Å². The summed E-state index contributed by atoms with van der Waals surface area (Å²) in [6.45, 7) is 2.18. The van der Waals surface area contributed by atoms with Crippen LogP contribution < -0.4 is 11.2 Å². The van der Waals surface area contributed by atoms with Crippen molar-refractivity contribution >= 4 is 0 Å². The first-order valence-electron chi connectivity index (χ1n) is 7.48. The SMILES string of the molecule is CCn1cc(C#N)c(=O)n(Cc2ccn(-c3ccccc3)n2)c1=O. The van der Waals surface area contributed by atoms with Gasteiger partial charge in [0.2, 0.25) is 0 Å². The van der Waals surface area contributed by atoms with Gasteiger partial charge in [0.15, 0.2) is 0 Å². The predicted molar refractivity (Wildman–Crippen MR) is 88.0 cm³/mol. The molecule has 24 heavy (non-hydrogen) atoms. The summed E-state index contributed by atoms with van der Waals surface area (Å²) in [5.74, 6) is 0. The largest absolute Gasteiger partial charge is 0.331 e. The molecule has 0 spiro atoms. The summed E-state index contributed by atoms with van der Waals surface area (Å²) in [5, 5.41) is 13.5. The molecule has 0 aliphatic rings. The molecule has 2 aromatic heterocycles. The monoisotopic (exact) mass is 321 g/mol. The predicted octanol–water partition coefficient (Wildman–Crippen LogP) is 1.14. The Kier molecular flexibility index (Phi) is 4.12. The number of benzene rings is 1. The Morgan fingerprint density at radius 2 is 1.92 bits per heavy atom. The highest BCUT2D eigenvalue weighted by Crippen LogP contribution is 2.07. The second-order valence-corrected chi connectivity index (χ2v) is 5.20. The third-order valence-corrected chi connectivity index (χ3v) is 3.68. The summed E-state index contributed by atoms with van der Waals surface area (Å²) in [7, 11) is 0. The second kappa shape index (κ2) is 6.38. The summed E-state index contributed by atoms with van der Waals surface area (Å²) < 4.78 is 4.06. The van der Waals surface area contributed by atoms with E-state index in [1.807, 2.05) is 36.4 Å². The highest BCUT2D eigenvalue weighted by molar-refractivity contribution is 5.30. The van der Waals surface area contributed by atoms with Gasteiger partial charge in [-0.1, -0.05) is 18.2 Å². The van der Waals surface area contributed by atoms with E-state index in [4.69, 9.17) is 5.26 Å². The number of rotatable bonds is 4. The van der Waals surface area contributed by atoms with Crippen LogP contribution in [0.4, 0.5) is 0 Å². The minimum atomic E-state index is -0.596. The molecule has 0 aliphatic carbocycles. The quantitative estimate of drug-likeness (QED) is 0.721. The molecule has 0 radical (unpaired) electrons. The van der Waals surface area contributed by atoms with Crippen molar-refractivity contribution in [2.75, 3.05) is 0 Å². The van der Waals surface area contributed by atoms with Crippen molar-refractivity contribution in [3.8, 4) is 11.8 Å². The Bertz CT molecular complexity index is 1020. The standard InChI is InChI=1S/C17H15N5O2/c1-2-20-11-13(10-18)16(23)21(17(20)24)12-14-8-9-22(19-14)15-6-4-3-5-7-15/h3-9,11H,2,12H2,1H3. The topological polar surface area (TPSA) is 85.6 Å². The Morgan fingerprint density at radius 1 is 1.17 bits per heavy atom. The first-order chi connectivity index (χ1) is 11.6. The number of aromatic nitrogens is 4. The average Bonchev–Trinajstić information content (AvgIpc) is 3.08. The van der Waals surface area contributed by atoms with Crippen LogP contribution in [-0.2, 0) is 13.1 Å². The molecule has 3 aromatic rings. The van der Waals surface area contributed by atoms with Crippen molar-refractivity contribution in [1.29, 1.82) is 5.26 Å². The summed E-state index contributed by atoms with van der Waals surface area (Å²) in [6.07, 6.45) is 3.06. The van der Waals surface area contributed by atoms with Gasteiger partial charge < -0.3 is 0 Å². The lowest BCUT2D eigenvalue weighted by atomic mass is 10.3. The van der Waals surface area contributed by atoms with Crippen molar-refractivity contribution in [2.24, 2.45) is 0 Å². The van der Waals surface area contributed by atoms with Crippen molar-refractivity contribution in [2.45, 2.75) is 20.0 Å². The van der Waals surface area contributed by atoms with Crippen LogP contribution in [-0.4, -0.2) is 18.9 Å². The first kappa shape index (κ1) is 15.5. The number of nitriles is 1. The van der Waals surface area contributed by atoms with Gasteiger partial charge in [0, 0.05) is 18.9 Å². The molecule has 0 N–H and O–H groups in total. The Balaban J connectivity index is 2.01. The number of aryl methyl sites for hydroxylation is 1. The molecule has 0 atom stereocenters. The minimum Gasteiger partial charge on any atom is -0.299 e. The van der Waals surface area contributed by atoms with Crippen molar-refractivity contribution in [3.05, 3.63) is 80.9 Å². The molecule has 7 nitrogen and oxygen atoms in total. The van der Waals surface area contributed by atoms with E-state index in [0.29, 0.717) is 12.2 Å². The summed E-state index contributed by atoms with van der Waals surface area (Å²) >= 11 is 0. The van der Waals surface area contributed by atoms with Crippen LogP contribution in [0.15, 0.2) is 58.4 Å².